The average molecular weight is 535 g/mol. The summed E-state index contributed by atoms with van der Waals surface area (Å²) in [6.45, 7) is -0.00751. The van der Waals surface area contributed by atoms with Crippen molar-refractivity contribution >= 4 is 29.6 Å². The second-order valence-electron chi connectivity index (χ2n) is 8.00. The molecule has 0 spiro atoms. The van der Waals surface area contributed by atoms with E-state index in [1.807, 2.05) is 6.07 Å². The van der Waals surface area contributed by atoms with Crippen molar-refractivity contribution in [2.75, 3.05) is 39.8 Å². The van der Waals surface area contributed by atoms with E-state index in [0.717, 1.165) is 5.56 Å². The van der Waals surface area contributed by atoms with Gasteiger partial charge in [0.05, 0.1) is 27.5 Å². The molecule has 0 atom stereocenters. The number of methoxy groups -OCH3 is 3. The first kappa shape index (κ1) is 28.5. The minimum Gasteiger partial charge on any atom is -0.497 e. The molecule has 204 valence electrons. The van der Waals surface area contributed by atoms with E-state index in [9.17, 15) is 14.4 Å². The third-order valence-corrected chi connectivity index (χ3v) is 5.37. The molecule has 3 N–H and O–H groups in total. The second kappa shape index (κ2) is 14.6. The third kappa shape index (κ3) is 8.78. The molecule has 0 radical (unpaired) electrons. The van der Waals surface area contributed by atoms with Crippen molar-refractivity contribution in [2.45, 2.75) is 6.42 Å². The summed E-state index contributed by atoms with van der Waals surface area (Å²) < 4.78 is 21.2. The smallest absolute Gasteiger partial charge is 0.329 e. The molecule has 0 aromatic heterocycles. The number of hydrogen-bond donors (Lipinski definition) is 3. The molecule has 3 aromatic rings. The summed E-state index contributed by atoms with van der Waals surface area (Å²) in [4.78, 5) is 36.5. The van der Waals surface area contributed by atoms with Crippen molar-refractivity contribution in [1.82, 2.24) is 10.7 Å². The second-order valence-corrected chi connectivity index (χ2v) is 8.00. The molecule has 0 unspecified atom stereocenters. The Kier molecular flexibility index (Phi) is 10.7. The van der Waals surface area contributed by atoms with Gasteiger partial charge >= 0.3 is 11.8 Å². The van der Waals surface area contributed by atoms with Gasteiger partial charge in [-0.1, -0.05) is 18.2 Å². The molecule has 0 aliphatic heterocycles. The zero-order valence-corrected chi connectivity index (χ0v) is 21.9. The number of anilines is 1. The molecule has 0 aliphatic carbocycles. The van der Waals surface area contributed by atoms with Gasteiger partial charge in [-0.2, -0.15) is 5.10 Å². The summed E-state index contributed by atoms with van der Waals surface area (Å²) in [5, 5.41) is 9.10. The van der Waals surface area contributed by atoms with Gasteiger partial charge < -0.3 is 29.6 Å². The number of carbonyl (C=O) groups is 3. The number of para-hydroxylation sites is 1. The molecule has 39 heavy (non-hydrogen) atoms. The van der Waals surface area contributed by atoms with E-state index in [2.05, 4.69) is 21.2 Å². The van der Waals surface area contributed by atoms with E-state index in [-0.39, 0.29) is 19.1 Å². The highest BCUT2D eigenvalue weighted by molar-refractivity contribution is 6.35. The van der Waals surface area contributed by atoms with Gasteiger partial charge in [0.25, 0.3) is 5.91 Å². The summed E-state index contributed by atoms with van der Waals surface area (Å²) >= 11 is 0. The topological polar surface area (TPSA) is 137 Å². The van der Waals surface area contributed by atoms with Crippen LogP contribution in [-0.4, -0.2) is 58.4 Å². The summed E-state index contributed by atoms with van der Waals surface area (Å²) in [5.41, 5.74) is 4.19. The van der Waals surface area contributed by atoms with Crippen LogP contribution < -0.4 is 35.0 Å². The van der Waals surface area contributed by atoms with Crippen molar-refractivity contribution in [3.05, 3.63) is 77.9 Å². The molecular weight excluding hydrogens is 504 g/mol. The number of carbonyl (C=O) groups excluding carboxylic acids is 3. The summed E-state index contributed by atoms with van der Waals surface area (Å²) in [5.74, 6) is 0.131. The van der Waals surface area contributed by atoms with Crippen LogP contribution in [0.1, 0.15) is 11.1 Å². The molecule has 0 saturated carbocycles. The van der Waals surface area contributed by atoms with Crippen LogP contribution in [0.2, 0.25) is 0 Å². The maximum atomic E-state index is 12.3. The van der Waals surface area contributed by atoms with E-state index in [1.54, 1.807) is 82.0 Å². The lowest BCUT2D eigenvalue weighted by Gasteiger charge is -2.10. The van der Waals surface area contributed by atoms with E-state index in [4.69, 9.17) is 18.9 Å². The Labute approximate surface area is 226 Å². The molecule has 11 nitrogen and oxygen atoms in total. The minimum atomic E-state index is -0.921. The van der Waals surface area contributed by atoms with Gasteiger partial charge in [-0.25, -0.2) is 5.43 Å². The summed E-state index contributed by atoms with van der Waals surface area (Å²) in [7, 11) is 4.65. The highest BCUT2D eigenvalue weighted by Gasteiger charge is 2.13. The zero-order chi connectivity index (χ0) is 28.0. The van der Waals surface area contributed by atoms with Crippen LogP contribution in [0.4, 0.5) is 5.69 Å². The number of amides is 3. The number of benzene rings is 3. The predicted octanol–water partition coefficient (Wildman–Crippen LogP) is 2.54. The molecule has 0 saturated heterocycles. The Bertz CT molecular complexity index is 1310. The van der Waals surface area contributed by atoms with Crippen molar-refractivity contribution in [2.24, 2.45) is 5.10 Å². The normalized spacial score (nSPS) is 10.4. The van der Waals surface area contributed by atoms with Gasteiger partial charge in [0.2, 0.25) is 0 Å². The van der Waals surface area contributed by atoms with E-state index < -0.39 is 11.8 Å². The number of hydrazone groups is 1. The summed E-state index contributed by atoms with van der Waals surface area (Å²) in [6, 6.07) is 19.1. The lowest BCUT2D eigenvalue weighted by Crippen LogP contribution is -2.38. The fraction of sp³-hybridized carbons (Fsp3) is 0.214. The van der Waals surface area contributed by atoms with Gasteiger partial charge in [-0.3, -0.25) is 14.4 Å². The predicted molar refractivity (Wildman–Crippen MR) is 146 cm³/mol. The Morgan fingerprint density at radius 3 is 2.28 bits per heavy atom. The van der Waals surface area contributed by atoms with Crippen LogP contribution in [0.15, 0.2) is 71.8 Å². The highest BCUT2D eigenvalue weighted by Crippen LogP contribution is 2.27. The van der Waals surface area contributed by atoms with E-state index in [0.29, 0.717) is 40.7 Å². The standard InChI is InChI=1S/C28H30N4O7/c1-36-22-11-9-21(10-12-22)31-26(33)18-39-23-7-5-4-6-20(23)17-30-32-28(35)27(34)29-15-14-19-8-13-24(37-2)25(16-19)38-3/h4-13,16-17H,14-15,18H2,1-3H3,(H,29,34)(H,31,33)(H,32,35)/b30-17-. The molecule has 3 aromatic carbocycles. The van der Waals surface area contributed by atoms with Crippen LogP contribution in [0, 0.1) is 0 Å². The molecular formula is C28H30N4O7. The quantitative estimate of drug-likeness (QED) is 0.185. The van der Waals surface area contributed by atoms with Crippen molar-refractivity contribution in [3.8, 4) is 23.0 Å². The molecule has 0 heterocycles. The largest absolute Gasteiger partial charge is 0.497 e. The Hall–Kier alpha value is -5.06. The van der Waals surface area contributed by atoms with Crippen LogP contribution in [0.5, 0.6) is 23.0 Å². The summed E-state index contributed by atoms with van der Waals surface area (Å²) in [6.07, 6.45) is 1.81. The molecule has 0 fully saturated rings. The lowest BCUT2D eigenvalue weighted by atomic mass is 10.1. The molecule has 0 bridgehead atoms. The first-order chi connectivity index (χ1) is 18.9. The first-order valence-electron chi connectivity index (χ1n) is 11.9. The van der Waals surface area contributed by atoms with Gasteiger partial charge in [0, 0.05) is 17.8 Å². The fourth-order valence-corrected chi connectivity index (χ4v) is 3.38. The Morgan fingerprint density at radius 1 is 0.821 bits per heavy atom. The SMILES string of the molecule is COc1ccc(NC(=O)COc2ccccc2/C=N\NC(=O)C(=O)NCCc2ccc(OC)c(OC)c2)cc1. The Morgan fingerprint density at radius 2 is 1.56 bits per heavy atom. The average Bonchev–Trinajstić information content (AvgIpc) is 2.96. The van der Waals surface area contributed by atoms with Crippen LogP contribution in [0.25, 0.3) is 0 Å². The monoisotopic (exact) mass is 534 g/mol. The van der Waals surface area contributed by atoms with Gasteiger partial charge in [0.15, 0.2) is 18.1 Å². The molecule has 0 aliphatic rings. The maximum Gasteiger partial charge on any atom is 0.329 e. The van der Waals surface area contributed by atoms with Crippen molar-refractivity contribution in [1.29, 1.82) is 0 Å². The van der Waals surface area contributed by atoms with Gasteiger partial charge in [-0.05, 0) is 60.5 Å². The molecule has 3 amide bonds. The van der Waals surface area contributed by atoms with E-state index in [1.165, 1.54) is 6.21 Å². The number of nitrogens with one attached hydrogen (secondary N) is 3. The number of ether oxygens (including phenoxy) is 4. The lowest BCUT2D eigenvalue weighted by molar-refractivity contribution is -0.139. The van der Waals surface area contributed by atoms with Crippen LogP contribution in [-0.2, 0) is 20.8 Å². The van der Waals surface area contributed by atoms with Crippen molar-refractivity contribution in [3.63, 3.8) is 0 Å². The third-order valence-electron chi connectivity index (χ3n) is 5.37. The molecule has 11 heteroatoms. The van der Waals surface area contributed by atoms with Gasteiger partial charge in [0.1, 0.15) is 11.5 Å². The van der Waals surface area contributed by atoms with Crippen molar-refractivity contribution < 1.29 is 33.3 Å². The minimum absolute atomic E-state index is 0.237. The van der Waals surface area contributed by atoms with Crippen LogP contribution >= 0.6 is 0 Å². The van der Waals surface area contributed by atoms with Gasteiger partial charge in [-0.15, -0.1) is 0 Å². The fourth-order valence-electron chi connectivity index (χ4n) is 3.38. The zero-order valence-electron chi connectivity index (χ0n) is 21.9. The maximum absolute atomic E-state index is 12.3. The highest BCUT2D eigenvalue weighted by atomic mass is 16.5. The number of hydrogen-bond acceptors (Lipinski definition) is 8. The van der Waals surface area contributed by atoms with E-state index >= 15 is 0 Å². The number of nitrogens with zero attached hydrogens (tertiary/aromatic N) is 1. The van der Waals surface area contributed by atoms with Crippen LogP contribution in [0.3, 0.4) is 0 Å². The molecule has 3 rings (SSSR count). The first-order valence-corrected chi connectivity index (χ1v) is 11.9. The Balaban J connectivity index is 1.45. The number of rotatable bonds is 12.